The zero-order chi connectivity index (χ0) is 13.1. The summed E-state index contributed by atoms with van der Waals surface area (Å²) in [5.41, 5.74) is 8.21. The van der Waals surface area contributed by atoms with Gasteiger partial charge in [0, 0.05) is 12.6 Å². The average molecular weight is 248 g/mol. The summed E-state index contributed by atoms with van der Waals surface area (Å²) < 4.78 is 0. The number of nitrogens with two attached hydrogens (primary N) is 1. The highest BCUT2D eigenvalue weighted by molar-refractivity contribution is 5.68. The van der Waals surface area contributed by atoms with Crippen LogP contribution in [0.5, 0.6) is 0 Å². The highest BCUT2D eigenvalue weighted by atomic mass is 16.4. The molecule has 1 aromatic carbocycles. The molecule has 0 bridgehead atoms. The first kappa shape index (κ1) is 13.1. The van der Waals surface area contributed by atoms with Crippen LogP contribution in [0.1, 0.15) is 35.9 Å². The van der Waals surface area contributed by atoms with Gasteiger partial charge >= 0.3 is 5.97 Å². The molecule has 1 fully saturated rings. The summed E-state index contributed by atoms with van der Waals surface area (Å²) in [5.74, 6) is -0.369. The minimum atomic E-state index is -0.846. The Morgan fingerprint density at radius 1 is 1.56 bits per heavy atom. The largest absolute Gasteiger partial charge is 0.481 e. The van der Waals surface area contributed by atoms with Gasteiger partial charge in [0.15, 0.2) is 0 Å². The Morgan fingerprint density at radius 2 is 2.28 bits per heavy atom. The summed E-state index contributed by atoms with van der Waals surface area (Å²) in [4.78, 5) is 13.1. The van der Waals surface area contributed by atoms with Crippen molar-refractivity contribution in [3.63, 3.8) is 0 Å². The van der Waals surface area contributed by atoms with E-state index in [1.807, 2.05) is 18.2 Å². The number of carboxylic acids is 1. The van der Waals surface area contributed by atoms with E-state index >= 15 is 0 Å². The molecule has 2 rings (SSSR count). The van der Waals surface area contributed by atoms with Crippen molar-refractivity contribution in [3.8, 4) is 0 Å². The quantitative estimate of drug-likeness (QED) is 0.849. The molecule has 4 nitrogen and oxygen atoms in total. The van der Waals surface area contributed by atoms with Crippen LogP contribution in [0.15, 0.2) is 24.3 Å². The minimum absolute atomic E-state index is 0.0143. The number of likely N-dealkylation sites (N-methyl/N-ethyl adjacent to an activating group) is 1. The number of likely N-dealkylation sites (tertiary alicyclic amines) is 1. The van der Waals surface area contributed by atoms with Crippen LogP contribution in [0.4, 0.5) is 0 Å². The maximum atomic E-state index is 10.8. The molecule has 3 N–H and O–H groups in total. The standard InChI is InChI=1S/C14H20N2O2/c1-16-7-6-10(9-16)11-4-2-3-5-12(11)13(15)8-14(17)18/h2-5,10,13H,6-9,15H2,1H3,(H,17,18). The fraction of sp³-hybridized carbons (Fsp3) is 0.500. The van der Waals surface area contributed by atoms with Crippen molar-refractivity contribution in [2.75, 3.05) is 20.1 Å². The molecule has 1 saturated heterocycles. The van der Waals surface area contributed by atoms with Crippen LogP contribution < -0.4 is 5.73 Å². The molecule has 1 heterocycles. The van der Waals surface area contributed by atoms with Gasteiger partial charge in [-0.05, 0) is 37.1 Å². The molecule has 0 amide bonds. The number of carboxylic acid groups (broad SMARTS) is 1. The van der Waals surface area contributed by atoms with Crippen LogP contribution >= 0.6 is 0 Å². The van der Waals surface area contributed by atoms with E-state index in [9.17, 15) is 4.79 Å². The monoisotopic (exact) mass is 248 g/mol. The lowest BCUT2D eigenvalue weighted by atomic mass is 9.89. The number of rotatable bonds is 4. The summed E-state index contributed by atoms with van der Waals surface area (Å²) in [6.07, 6.45) is 1.10. The fourth-order valence-electron chi connectivity index (χ4n) is 2.71. The maximum Gasteiger partial charge on any atom is 0.305 e. The summed E-state index contributed by atoms with van der Waals surface area (Å²) in [6, 6.07) is 7.57. The van der Waals surface area contributed by atoms with Crippen LogP contribution in [0.3, 0.4) is 0 Å². The van der Waals surface area contributed by atoms with Crippen LogP contribution in [0, 0.1) is 0 Å². The van der Waals surface area contributed by atoms with Crippen LogP contribution in [-0.2, 0) is 4.79 Å². The molecule has 0 saturated carbocycles. The average Bonchev–Trinajstić information content (AvgIpc) is 2.75. The zero-order valence-electron chi connectivity index (χ0n) is 10.7. The van der Waals surface area contributed by atoms with Crippen LogP contribution in [-0.4, -0.2) is 36.1 Å². The Bertz CT molecular complexity index is 434. The molecule has 0 aliphatic carbocycles. The van der Waals surface area contributed by atoms with Crippen molar-refractivity contribution < 1.29 is 9.90 Å². The van der Waals surface area contributed by atoms with E-state index in [1.165, 1.54) is 5.56 Å². The van der Waals surface area contributed by atoms with Crippen molar-refractivity contribution in [3.05, 3.63) is 35.4 Å². The summed E-state index contributed by atoms with van der Waals surface area (Å²) in [5, 5.41) is 8.86. The van der Waals surface area contributed by atoms with E-state index in [1.54, 1.807) is 0 Å². The fourth-order valence-corrected chi connectivity index (χ4v) is 2.71. The second-order valence-corrected chi connectivity index (χ2v) is 5.08. The highest BCUT2D eigenvalue weighted by Crippen LogP contribution is 2.31. The number of hydrogen-bond acceptors (Lipinski definition) is 3. The molecule has 2 atom stereocenters. The molecule has 2 unspecified atom stereocenters. The third-order valence-electron chi connectivity index (χ3n) is 3.62. The van der Waals surface area contributed by atoms with Gasteiger partial charge in [0.25, 0.3) is 0 Å². The number of hydrogen-bond donors (Lipinski definition) is 2. The molecule has 1 aliphatic heterocycles. The smallest absolute Gasteiger partial charge is 0.305 e. The first-order valence-electron chi connectivity index (χ1n) is 6.32. The Hall–Kier alpha value is -1.39. The molecular weight excluding hydrogens is 228 g/mol. The second kappa shape index (κ2) is 5.50. The summed E-state index contributed by atoms with van der Waals surface area (Å²) in [6.45, 7) is 2.12. The molecule has 0 aromatic heterocycles. The zero-order valence-corrected chi connectivity index (χ0v) is 10.7. The first-order valence-corrected chi connectivity index (χ1v) is 6.32. The molecule has 0 radical (unpaired) electrons. The van der Waals surface area contributed by atoms with E-state index in [0.717, 1.165) is 25.1 Å². The third-order valence-corrected chi connectivity index (χ3v) is 3.62. The van der Waals surface area contributed by atoms with Gasteiger partial charge in [-0.25, -0.2) is 0 Å². The van der Waals surface area contributed by atoms with Crippen molar-refractivity contribution in [1.82, 2.24) is 4.90 Å². The lowest BCUT2D eigenvalue weighted by molar-refractivity contribution is -0.137. The van der Waals surface area contributed by atoms with E-state index in [0.29, 0.717) is 5.92 Å². The lowest BCUT2D eigenvalue weighted by Gasteiger charge is -2.19. The first-order chi connectivity index (χ1) is 8.58. The Kier molecular flexibility index (Phi) is 3.99. The van der Waals surface area contributed by atoms with Gasteiger partial charge in [-0.2, -0.15) is 0 Å². The summed E-state index contributed by atoms with van der Waals surface area (Å²) in [7, 11) is 2.11. The topological polar surface area (TPSA) is 66.6 Å². The number of nitrogens with zero attached hydrogens (tertiary/aromatic N) is 1. The summed E-state index contributed by atoms with van der Waals surface area (Å²) >= 11 is 0. The van der Waals surface area contributed by atoms with Crippen molar-refractivity contribution in [2.24, 2.45) is 5.73 Å². The van der Waals surface area contributed by atoms with Crippen LogP contribution in [0.2, 0.25) is 0 Å². The molecule has 1 aromatic rings. The van der Waals surface area contributed by atoms with E-state index < -0.39 is 12.0 Å². The van der Waals surface area contributed by atoms with Gasteiger partial charge < -0.3 is 15.7 Å². The van der Waals surface area contributed by atoms with Gasteiger partial charge in [-0.3, -0.25) is 4.79 Å². The van der Waals surface area contributed by atoms with Gasteiger partial charge in [-0.15, -0.1) is 0 Å². The Balaban J connectivity index is 2.22. The molecule has 4 heteroatoms. The Morgan fingerprint density at radius 3 is 2.89 bits per heavy atom. The number of benzene rings is 1. The van der Waals surface area contributed by atoms with Crippen molar-refractivity contribution in [1.29, 1.82) is 0 Å². The minimum Gasteiger partial charge on any atom is -0.481 e. The molecular formula is C14H20N2O2. The van der Waals surface area contributed by atoms with Gasteiger partial charge in [0.05, 0.1) is 6.42 Å². The Labute approximate surface area is 107 Å². The predicted molar refractivity (Wildman–Crippen MR) is 70.5 cm³/mol. The highest BCUT2D eigenvalue weighted by Gasteiger charge is 2.25. The molecule has 18 heavy (non-hydrogen) atoms. The normalized spacial score (nSPS) is 22.0. The maximum absolute atomic E-state index is 10.8. The predicted octanol–water partition coefficient (Wildman–Crippen LogP) is 1.58. The van der Waals surface area contributed by atoms with Gasteiger partial charge in [-0.1, -0.05) is 24.3 Å². The van der Waals surface area contributed by atoms with Crippen LogP contribution in [0.25, 0.3) is 0 Å². The second-order valence-electron chi connectivity index (χ2n) is 5.08. The van der Waals surface area contributed by atoms with Crippen molar-refractivity contribution in [2.45, 2.75) is 24.8 Å². The number of aliphatic carboxylic acids is 1. The third kappa shape index (κ3) is 2.89. The molecule has 98 valence electrons. The molecule has 0 spiro atoms. The lowest BCUT2D eigenvalue weighted by Crippen LogP contribution is -2.19. The number of carbonyl (C=O) groups is 1. The van der Waals surface area contributed by atoms with Gasteiger partial charge in [0.1, 0.15) is 0 Å². The van der Waals surface area contributed by atoms with E-state index in [2.05, 4.69) is 18.0 Å². The molecule has 1 aliphatic rings. The van der Waals surface area contributed by atoms with Crippen molar-refractivity contribution >= 4 is 5.97 Å². The SMILES string of the molecule is CN1CCC(c2ccccc2C(N)CC(=O)O)C1. The van der Waals surface area contributed by atoms with Gasteiger partial charge in [0.2, 0.25) is 0 Å². The van der Waals surface area contributed by atoms with E-state index in [-0.39, 0.29) is 6.42 Å². The van der Waals surface area contributed by atoms with E-state index in [4.69, 9.17) is 10.8 Å².